The number of nitrogens with zero attached hydrogens (tertiary/aromatic N) is 2. The molecule has 1 heterocycles. The molecule has 2 rings (SSSR count). The Hall–Kier alpha value is -1.56. The maximum atomic E-state index is 11.8. The number of aliphatic hydroxyl groups is 1. The van der Waals surface area contributed by atoms with Crippen molar-refractivity contribution in [1.29, 1.82) is 0 Å². The first-order valence-corrected chi connectivity index (χ1v) is 7.59. The topological polar surface area (TPSA) is 67.2 Å². The lowest BCUT2D eigenvalue weighted by Gasteiger charge is -2.15. The number of hydrogen-bond acceptors (Lipinski definition) is 3. The molecular weight excluding hydrogens is 325 g/mol. The maximum absolute atomic E-state index is 11.8. The van der Waals surface area contributed by atoms with E-state index in [1.54, 1.807) is 29.1 Å². The molecule has 0 aliphatic rings. The summed E-state index contributed by atoms with van der Waals surface area (Å²) in [5.74, 6) is -0.147. The predicted octanol–water partition coefficient (Wildman–Crippen LogP) is 2.51. The molecule has 22 heavy (non-hydrogen) atoms. The number of nitrogens with one attached hydrogen (secondary N) is 1. The minimum absolute atomic E-state index is 0.0648. The molecule has 0 spiro atoms. The molecule has 2 N–H and O–H groups in total. The summed E-state index contributed by atoms with van der Waals surface area (Å²) in [4.78, 5) is 11.8. The highest BCUT2D eigenvalue weighted by molar-refractivity contribution is 6.36. The van der Waals surface area contributed by atoms with Gasteiger partial charge < -0.3 is 10.4 Å². The van der Waals surface area contributed by atoms with Crippen molar-refractivity contribution in [2.45, 2.75) is 18.9 Å². The normalized spacial score (nSPS) is 12.2. The van der Waals surface area contributed by atoms with E-state index in [1.807, 2.05) is 13.2 Å². The molecule has 7 heteroatoms. The van der Waals surface area contributed by atoms with E-state index >= 15 is 0 Å². The van der Waals surface area contributed by atoms with Gasteiger partial charge >= 0.3 is 0 Å². The Bertz CT molecular complexity index is 638. The molecule has 1 amide bonds. The molecule has 0 aliphatic carbocycles. The summed E-state index contributed by atoms with van der Waals surface area (Å²) in [6.07, 6.45) is 3.58. The van der Waals surface area contributed by atoms with Gasteiger partial charge in [0.25, 0.3) is 0 Å². The van der Waals surface area contributed by atoms with Crippen molar-refractivity contribution < 1.29 is 9.90 Å². The number of benzene rings is 1. The van der Waals surface area contributed by atoms with Crippen molar-refractivity contribution >= 4 is 29.1 Å². The Morgan fingerprint density at radius 1 is 1.41 bits per heavy atom. The van der Waals surface area contributed by atoms with Crippen molar-refractivity contribution in [3.05, 3.63) is 51.8 Å². The Morgan fingerprint density at radius 2 is 2.09 bits per heavy atom. The number of amides is 1. The smallest absolute Gasteiger partial charge is 0.220 e. The Balaban J connectivity index is 1.83. The molecule has 0 saturated carbocycles. The average molecular weight is 342 g/mol. The Labute approximate surface area is 138 Å². The van der Waals surface area contributed by atoms with Gasteiger partial charge in [0.05, 0.1) is 12.3 Å². The van der Waals surface area contributed by atoms with Crippen molar-refractivity contribution in [2.75, 3.05) is 6.54 Å². The van der Waals surface area contributed by atoms with Crippen LogP contribution in [0.5, 0.6) is 0 Å². The lowest BCUT2D eigenvalue weighted by molar-refractivity contribution is -0.121. The predicted molar refractivity (Wildman–Crippen MR) is 86.0 cm³/mol. The number of hydrogen-bond donors (Lipinski definition) is 2. The summed E-state index contributed by atoms with van der Waals surface area (Å²) < 4.78 is 1.69. The monoisotopic (exact) mass is 341 g/mol. The van der Waals surface area contributed by atoms with Crippen LogP contribution in [-0.4, -0.2) is 27.3 Å². The molecule has 0 fully saturated rings. The third-order valence-electron chi connectivity index (χ3n) is 3.22. The fourth-order valence-electron chi connectivity index (χ4n) is 2.09. The van der Waals surface area contributed by atoms with Gasteiger partial charge in [-0.25, -0.2) is 0 Å². The Morgan fingerprint density at radius 3 is 2.68 bits per heavy atom. The van der Waals surface area contributed by atoms with Gasteiger partial charge in [-0.15, -0.1) is 0 Å². The second kappa shape index (κ2) is 7.63. The molecule has 0 bridgehead atoms. The van der Waals surface area contributed by atoms with Gasteiger partial charge in [0.15, 0.2) is 0 Å². The minimum Gasteiger partial charge on any atom is -0.386 e. The maximum Gasteiger partial charge on any atom is 0.220 e. The summed E-state index contributed by atoms with van der Waals surface area (Å²) in [7, 11) is 1.83. The molecule has 0 unspecified atom stereocenters. The molecule has 0 aliphatic heterocycles. The van der Waals surface area contributed by atoms with Crippen LogP contribution in [0.15, 0.2) is 30.6 Å². The zero-order valence-electron chi connectivity index (χ0n) is 12.1. The largest absolute Gasteiger partial charge is 0.386 e. The second-order valence-corrected chi connectivity index (χ2v) is 5.79. The third kappa shape index (κ3) is 4.47. The van der Waals surface area contributed by atoms with Gasteiger partial charge in [0, 0.05) is 41.8 Å². The molecule has 1 atom stereocenters. The number of aromatic nitrogens is 2. The van der Waals surface area contributed by atoms with Crippen LogP contribution in [0.4, 0.5) is 0 Å². The van der Waals surface area contributed by atoms with E-state index in [4.69, 9.17) is 23.2 Å². The molecular formula is C15H17Cl2N3O2. The van der Waals surface area contributed by atoms with E-state index in [9.17, 15) is 9.90 Å². The average Bonchev–Trinajstić information content (AvgIpc) is 2.88. The number of carbonyl (C=O) groups excluding carboxylic acids is 1. The quantitative estimate of drug-likeness (QED) is 0.848. The Kier molecular flexibility index (Phi) is 5.83. The summed E-state index contributed by atoms with van der Waals surface area (Å²) >= 11 is 12.0. The molecule has 0 radical (unpaired) electrons. The summed E-state index contributed by atoms with van der Waals surface area (Å²) in [6.45, 7) is 0.0648. The van der Waals surface area contributed by atoms with Crippen LogP contribution in [0.3, 0.4) is 0 Å². The summed E-state index contributed by atoms with van der Waals surface area (Å²) in [5, 5.41) is 17.6. The van der Waals surface area contributed by atoms with Gasteiger partial charge in [0.2, 0.25) is 5.91 Å². The number of halogens is 2. The van der Waals surface area contributed by atoms with Crippen molar-refractivity contribution in [3.8, 4) is 0 Å². The number of aryl methyl sites for hydroxylation is 2. The zero-order valence-corrected chi connectivity index (χ0v) is 13.6. The standard InChI is InChI=1S/C15H17Cl2N3O2/c1-20-9-10(7-19-20)5-6-14(22)18-8-13(21)15-11(16)3-2-4-12(15)17/h2-4,7,9,13,21H,5-6,8H2,1H3,(H,18,22)/t13-/m1/s1. The second-order valence-electron chi connectivity index (χ2n) is 4.98. The van der Waals surface area contributed by atoms with Crippen LogP contribution in [0.25, 0.3) is 0 Å². The van der Waals surface area contributed by atoms with Crippen LogP contribution in [0.1, 0.15) is 23.7 Å². The van der Waals surface area contributed by atoms with Gasteiger partial charge in [-0.3, -0.25) is 9.48 Å². The van der Waals surface area contributed by atoms with E-state index in [1.165, 1.54) is 0 Å². The molecule has 1 aromatic carbocycles. The van der Waals surface area contributed by atoms with Crippen molar-refractivity contribution in [3.63, 3.8) is 0 Å². The summed E-state index contributed by atoms with van der Waals surface area (Å²) in [6, 6.07) is 5.00. The lowest BCUT2D eigenvalue weighted by atomic mass is 10.1. The van der Waals surface area contributed by atoms with E-state index < -0.39 is 6.10 Å². The molecule has 5 nitrogen and oxygen atoms in total. The highest BCUT2D eigenvalue weighted by Gasteiger charge is 2.16. The fourth-order valence-corrected chi connectivity index (χ4v) is 2.74. The number of rotatable bonds is 6. The van der Waals surface area contributed by atoms with Gasteiger partial charge in [0.1, 0.15) is 0 Å². The van der Waals surface area contributed by atoms with E-state index in [2.05, 4.69) is 10.4 Å². The highest BCUT2D eigenvalue weighted by atomic mass is 35.5. The fraction of sp³-hybridized carbons (Fsp3) is 0.333. The van der Waals surface area contributed by atoms with Gasteiger partial charge in [-0.2, -0.15) is 5.10 Å². The highest BCUT2D eigenvalue weighted by Crippen LogP contribution is 2.29. The van der Waals surface area contributed by atoms with Crippen LogP contribution in [0, 0.1) is 0 Å². The lowest BCUT2D eigenvalue weighted by Crippen LogP contribution is -2.28. The van der Waals surface area contributed by atoms with Crippen molar-refractivity contribution in [2.24, 2.45) is 7.05 Å². The molecule has 118 valence electrons. The first kappa shape index (κ1) is 16.8. The third-order valence-corrected chi connectivity index (χ3v) is 3.88. The zero-order chi connectivity index (χ0) is 16.1. The molecule has 2 aromatic rings. The van der Waals surface area contributed by atoms with E-state index in [-0.39, 0.29) is 12.5 Å². The van der Waals surface area contributed by atoms with Gasteiger partial charge in [-0.05, 0) is 24.1 Å². The van der Waals surface area contributed by atoms with Crippen LogP contribution in [-0.2, 0) is 18.3 Å². The minimum atomic E-state index is -0.941. The molecule has 1 aromatic heterocycles. The van der Waals surface area contributed by atoms with E-state index in [0.717, 1.165) is 5.56 Å². The SMILES string of the molecule is Cn1cc(CCC(=O)NC[C@@H](O)c2c(Cl)cccc2Cl)cn1. The first-order chi connectivity index (χ1) is 10.5. The number of aliphatic hydroxyl groups excluding tert-OH is 1. The van der Waals surface area contributed by atoms with Crippen LogP contribution >= 0.6 is 23.2 Å². The van der Waals surface area contributed by atoms with Crippen LogP contribution < -0.4 is 5.32 Å². The van der Waals surface area contributed by atoms with Gasteiger partial charge in [-0.1, -0.05) is 29.3 Å². The van der Waals surface area contributed by atoms with Crippen molar-refractivity contribution in [1.82, 2.24) is 15.1 Å². The molecule has 0 saturated heterocycles. The first-order valence-electron chi connectivity index (χ1n) is 6.83. The van der Waals surface area contributed by atoms with E-state index in [0.29, 0.717) is 28.5 Å². The van der Waals surface area contributed by atoms with Crippen LogP contribution in [0.2, 0.25) is 10.0 Å². The summed E-state index contributed by atoms with van der Waals surface area (Å²) in [5.41, 5.74) is 1.42. The number of carbonyl (C=O) groups is 1.